The molecule has 0 aromatic carbocycles. The fourth-order valence-electron chi connectivity index (χ4n) is 5.49. The first-order chi connectivity index (χ1) is 16.8. The Morgan fingerprint density at radius 3 is 2.31 bits per heavy atom. The molecule has 3 saturated heterocycles. The fourth-order valence-corrected chi connectivity index (χ4v) is 6.87. The van der Waals surface area contributed by atoms with Gasteiger partial charge in [0.1, 0.15) is 12.2 Å². The van der Waals surface area contributed by atoms with Gasteiger partial charge in [-0.15, -0.1) is 0 Å². The van der Waals surface area contributed by atoms with Crippen molar-refractivity contribution in [3.63, 3.8) is 0 Å². The van der Waals surface area contributed by atoms with Crippen molar-refractivity contribution in [3.8, 4) is 0 Å². The first-order valence-electron chi connectivity index (χ1n) is 13.8. The van der Waals surface area contributed by atoms with E-state index in [1.807, 2.05) is 0 Å². The molecular formula is C27H50O8Si. The Balaban J connectivity index is 1.84. The summed E-state index contributed by atoms with van der Waals surface area (Å²) in [6.07, 6.45) is 2.64. The normalized spacial score (nSPS) is 38.1. The van der Waals surface area contributed by atoms with Crippen molar-refractivity contribution in [2.75, 3.05) is 13.7 Å². The van der Waals surface area contributed by atoms with Gasteiger partial charge >= 0.3 is 5.97 Å². The van der Waals surface area contributed by atoms with Crippen molar-refractivity contribution >= 4 is 14.3 Å². The summed E-state index contributed by atoms with van der Waals surface area (Å²) in [6.45, 7) is 12.9. The summed E-state index contributed by atoms with van der Waals surface area (Å²) >= 11 is 0. The largest absolute Gasteiger partial charge is 0.459 e. The number of aliphatic hydroxyl groups excluding tert-OH is 2. The third-order valence-corrected chi connectivity index (χ3v) is 13.3. The van der Waals surface area contributed by atoms with Gasteiger partial charge in [-0.3, -0.25) is 4.79 Å². The smallest absolute Gasteiger partial charge is 0.308 e. The molecule has 4 bridgehead atoms. The fraction of sp³-hybridized carbons (Fsp3) is 0.963. The molecule has 0 spiro atoms. The average molecular weight is 531 g/mol. The molecule has 2 N–H and O–H groups in total. The first kappa shape index (κ1) is 30.0. The highest BCUT2D eigenvalue weighted by atomic mass is 28.4. The van der Waals surface area contributed by atoms with Crippen LogP contribution in [0, 0.1) is 5.92 Å². The zero-order chi connectivity index (χ0) is 26.7. The third-order valence-electron chi connectivity index (χ3n) is 8.79. The molecule has 0 aromatic rings. The zero-order valence-corrected chi connectivity index (χ0v) is 24.4. The van der Waals surface area contributed by atoms with E-state index < -0.39 is 33.1 Å². The van der Waals surface area contributed by atoms with E-state index in [1.165, 1.54) is 0 Å². The molecule has 9 heteroatoms. The summed E-state index contributed by atoms with van der Waals surface area (Å²) in [6, 6.07) is 0. The maximum atomic E-state index is 13.0. The molecular weight excluding hydrogens is 480 g/mol. The molecule has 8 nitrogen and oxygen atoms in total. The number of aliphatic hydroxyl groups is 2. The number of carbonyl (C=O) groups is 1. The van der Waals surface area contributed by atoms with E-state index in [0.29, 0.717) is 18.8 Å². The zero-order valence-electron chi connectivity index (χ0n) is 23.4. The SMILES string of the molecule is CO[C@H]1C[C@@H]2C[C@@H](O[Si](C)(C)C(C)(C)C)C[C@H](CC(=O)O[C@@H]([C@H](O)CO)C[C@@H]3CC[C@H](C)[C@@H](C1)O3)O2. The number of hydrogen-bond donors (Lipinski definition) is 2. The number of ether oxygens (including phenoxy) is 4. The van der Waals surface area contributed by atoms with Gasteiger partial charge in [-0.05, 0) is 56.2 Å². The predicted octanol–water partition coefficient (Wildman–Crippen LogP) is 3.96. The second kappa shape index (κ2) is 12.5. The van der Waals surface area contributed by atoms with Crippen LogP contribution in [0.3, 0.4) is 0 Å². The minimum absolute atomic E-state index is 0.000849. The molecule has 0 aliphatic carbocycles. The Hall–Kier alpha value is -0.553. The molecule has 0 unspecified atom stereocenters. The van der Waals surface area contributed by atoms with Crippen LogP contribution >= 0.6 is 0 Å². The number of esters is 1. The molecule has 3 heterocycles. The van der Waals surface area contributed by atoms with Crippen molar-refractivity contribution in [2.24, 2.45) is 5.92 Å². The van der Waals surface area contributed by atoms with Crippen molar-refractivity contribution in [1.82, 2.24) is 0 Å². The summed E-state index contributed by atoms with van der Waals surface area (Å²) in [5.41, 5.74) is 0. The number of hydrogen-bond acceptors (Lipinski definition) is 8. The summed E-state index contributed by atoms with van der Waals surface area (Å²) in [4.78, 5) is 13.0. The van der Waals surface area contributed by atoms with Crippen molar-refractivity contribution in [3.05, 3.63) is 0 Å². The molecule has 0 aromatic heterocycles. The molecule has 210 valence electrons. The lowest BCUT2D eigenvalue weighted by Crippen LogP contribution is -2.49. The van der Waals surface area contributed by atoms with Crippen LogP contribution in [0.15, 0.2) is 0 Å². The van der Waals surface area contributed by atoms with E-state index in [-0.39, 0.29) is 48.1 Å². The van der Waals surface area contributed by atoms with Gasteiger partial charge in [-0.1, -0.05) is 27.7 Å². The second-order valence-corrected chi connectivity index (χ2v) is 17.5. The lowest BCUT2D eigenvalue weighted by Gasteiger charge is -2.44. The maximum absolute atomic E-state index is 13.0. The van der Waals surface area contributed by atoms with Crippen molar-refractivity contribution in [2.45, 2.75) is 146 Å². The van der Waals surface area contributed by atoms with Gasteiger partial charge in [0.2, 0.25) is 0 Å². The summed E-state index contributed by atoms with van der Waals surface area (Å²) in [7, 11) is -0.264. The van der Waals surface area contributed by atoms with Crippen LogP contribution in [0.1, 0.15) is 79.1 Å². The van der Waals surface area contributed by atoms with Crippen LogP contribution in [0.4, 0.5) is 0 Å². The quantitative estimate of drug-likeness (QED) is 0.407. The molecule has 0 radical (unpaired) electrons. The molecule has 0 saturated carbocycles. The molecule has 3 fully saturated rings. The van der Waals surface area contributed by atoms with E-state index >= 15 is 0 Å². The van der Waals surface area contributed by atoms with E-state index in [0.717, 1.165) is 32.1 Å². The summed E-state index contributed by atoms with van der Waals surface area (Å²) in [5.74, 6) is -0.0458. The number of carbonyl (C=O) groups excluding carboxylic acids is 1. The number of cyclic esters (lactones) is 1. The van der Waals surface area contributed by atoms with Gasteiger partial charge in [0.05, 0.1) is 43.5 Å². The van der Waals surface area contributed by atoms with Crippen molar-refractivity contribution < 1.29 is 38.4 Å². The maximum Gasteiger partial charge on any atom is 0.308 e. The molecule has 3 rings (SSSR count). The topological polar surface area (TPSA) is 104 Å². The highest BCUT2D eigenvalue weighted by molar-refractivity contribution is 6.74. The summed E-state index contributed by atoms with van der Waals surface area (Å²) in [5, 5.41) is 20.1. The third kappa shape index (κ3) is 7.98. The first-order valence-corrected chi connectivity index (χ1v) is 16.7. The Morgan fingerprint density at radius 1 is 1.00 bits per heavy atom. The van der Waals surface area contributed by atoms with Crippen LogP contribution in [-0.2, 0) is 28.2 Å². The number of rotatable bonds is 5. The van der Waals surface area contributed by atoms with Gasteiger partial charge in [-0.2, -0.15) is 0 Å². The Kier molecular flexibility index (Phi) is 10.4. The van der Waals surface area contributed by atoms with E-state index in [1.54, 1.807) is 7.11 Å². The number of fused-ring (bicyclic) bond motifs is 4. The lowest BCUT2D eigenvalue weighted by atomic mass is 9.86. The highest BCUT2D eigenvalue weighted by Crippen LogP contribution is 2.40. The molecule has 3 aliphatic rings. The molecule has 9 atom stereocenters. The van der Waals surface area contributed by atoms with Gasteiger partial charge in [0, 0.05) is 26.1 Å². The van der Waals surface area contributed by atoms with Crippen LogP contribution in [0.25, 0.3) is 0 Å². The minimum atomic E-state index is -2.01. The average Bonchev–Trinajstić information content (AvgIpc) is 2.77. The van der Waals surface area contributed by atoms with Crippen LogP contribution in [0.5, 0.6) is 0 Å². The predicted molar refractivity (Wildman–Crippen MR) is 139 cm³/mol. The molecule has 36 heavy (non-hydrogen) atoms. The second-order valence-electron chi connectivity index (χ2n) is 12.8. The van der Waals surface area contributed by atoms with E-state index in [2.05, 4.69) is 40.8 Å². The molecule has 0 amide bonds. The van der Waals surface area contributed by atoms with Crippen LogP contribution in [-0.4, -0.2) is 87.0 Å². The number of methoxy groups -OCH3 is 1. The van der Waals surface area contributed by atoms with Gasteiger partial charge in [0.15, 0.2) is 8.32 Å². The Labute approximate surface area is 218 Å². The van der Waals surface area contributed by atoms with Gasteiger partial charge in [-0.25, -0.2) is 0 Å². The van der Waals surface area contributed by atoms with Crippen LogP contribution in [0.2, 0.25) is 18.1 Å². The minimum Gasteiger partial charge on any atom is -0.459 e. The summed E-state index contributed by atoms with van der Waals surface area (Å²) < 4.78 is 31.3. The van der Waals surface area contributed by atoms with Crippen LogP contribution < -0.4 is 0 Å². The Morgan fingerprint density at radius 2 is 1.67 bits per heavy atom. The highest BCUT2D eigenvalue weighted by Gasteiger charge is 2.43. The monoisotopic (exact) mass is 530 g/mol. The van der Waals surface area contributed by atoms with E-state index in [4.69, 9.17) is 23.4 Å². The Bertz CT molecular complexity index is 710. The standard InChI is InChI=1S/C27H50O8Si/c1-17-8-9-18-13-25(23(29)16-28)34-26(30)15-21-12-22(35-36(6,7)27(2,3)4)11-20(32-21)10-19(31-5)14-24(17)33-18/h17-25,28-29H,8-16H2,1-7H3/t17-,18-,19-,20+,21+,22+,23+,24+,25+/m0/s1. The lowest BCUT2D eigenvalue weighted by molar-refractivity contribution is -0.176. The van der Waals surface area contributed by atoms with Crippen molar-refractivity contribution in [1.29, 1.82) is 0 Å². The molecule has 3 aliphatic heterocycles. The van der Waals surface area contributed by atoms with E-state index in [9.17, 15) is 15.0 Å². The van der Waals surface area contributed by atoms with Gasteiger partial charge in [0.25, 0.3) is 0 Å². The van der Waals surface area contributed by atoms with Gasteiger partial charge < -0.3 is 33.6 Å².